The van der Waals surface area contributed by atoms with Gasteiger partial charge in [0.1, 0.15) is 5.66 Å². The van der Waals surface area contributed by atoms with Crippen molar-refractivity contribution in [2.24, 2.45) is 11.5 Å². The number of benzene rings is 3. The van der Waals surface area contributed by atoms with Gasteiger partial charge in [-0.3, -0.25) is 0 Å². The van der Waals surface area contributed by atoms with Crippen LogP contribution in [-0.2, 0) is 5.66 Å². The van der Waals surface area contributed by atoms with Crippen molar-refractivity contribution in [1.29, 1.82) is 0 Å². The normalized spacial score (nSPS) is 14.6. The summed E-state index contributed by atoms with van der Waals surface area (Å²) in [5.74, 6) is 0. The Morgan fingerprint density at radius 2 is 1.49 bits per heavy atom. The molecule has 0 fully saturated rings. The van der Waals surface area contributed by atoms with Crippen molar-refractivity contribution in [3.63, 3.8) is 0 Å². The van der Waals surface area contributed by atoms with E-state index in [1.165, 1.54) is 0 Å². The molecule has 35 heavy (non-hydrogen) atoms. The van der Waals surface area contributed by atoms with Crippen LogP contribution in [0.15, 0.2) is 127 Å². The van der Waals surface area contributed by atoms with E-state index in [2.05, 4.69) is 97.6 Å². The van der Waals surface area contributed by atoms with Gasteiger partial charge in [-0.15, -0.1) is 0 Å². The van der Waals surface area contributed by atoms with Crippen molar-refractivity contribution >= 4 is 11.1 Å². The molecule has 0 aliphatic heterocycles. The highest BCUT2D eigenvalue weighted by molar-refractivity contribution is 5.83. The summed E-state index contributed by atoms with van der Waals surface area (Å²) in [6.45, 7) is 8.08. The Morgan fingerprint density at radius 1 is 0.829 bits per heavy atom. The number of allylic oxidation sites excluding steroid dienone is 7. The lowest BCUT2D eigenvalue weighted by Crippen LogP contribution is -2.48. The molecule has 3 aromatic carbocycles. The standard InChI is InChI=1S/C33H34N2/c1-4-12-26(21-24(2)3)27-15-10-16-28(22-27)29-17-11-18-30(23-29)33(34,35)32-20-9-8-19-31(32)25-13-6-5-7-14-25/h4-7,10-23H,2,8-9,34-35H2,1,3H3/b12-4-,26-21+. The molecule has 0 heterocycles. The van der Waals surface area contributed by atoms with E-state index in [9.17, 15) is 0 Å². The third-order valence-electron chi connectivity index (χ3n) is 6.30. The second-order valence-corrected chi connectivity index (χ2v) is 9.16. The molecule has 0 spiro atoms. The first-order valence-corrected chi connectivity index (χ1v) is 12.2. The van der Waals surface area contributed by atoms with Crippen molar-refractivity contribution < 1.29 is 0 Å². The lowest BCUT2D eigenvalue weighted by atomic mass is 9.80. The molecule has 0 unspecified atom stereocenters. The third-order valence-corrected chi connectivity index (χ3v) is 6.30. The molecule has 1 aliphatic rings. The van der Waals surface area contributed by atoms with Gasteiger partial charge in [-0.1, -0.05) is 109 Å². The topological polar surface area (TPSA) is 52.0 Å². The highest BCUT2D eigenvalue weighted by Gasteiger charge is 2.31. The molecule has 176 valence electrons. The minimum absolute atomic E-state index is 0.890. The second-order valence-electron chi connectivity index (χ2n) is 9.16. The first kappa shape index (κ1) is 24.4. The van der Waals surface area contributed by atoms with E-state index in [1.54, 1.807) is 0 Å². The number of rotatable bonds is 7. The van der Waals surface area contributed by atoms with E-state index >= 15 is 0 Å². The quantitative estimate of drug-likeness (QED) is 0.281. The summed E-state index contributed by atoms with van der Waals surface area (Å²) in [5, 5.41) is 0. The third kappa shape index (κ3) is 5.51. The Morgan fingerprint density at radius 3 is 2.20 bits per heavy atom. The average Bonchev–Trinajstić information content (AvgIpc) is 2.89. The van der Waals surface area contributed by atoms with Crippen LogP contribution in [-0.4, -0.2) is 0 Å². The molecule has 1 aliphatic carbocycles. The van der Waals surface area contributed by atoms with E-state index in [4.69, 9.17) is 11.5 Å². The monoisotopic (exact) mass is 458 g/mol. The summed E-state index contributed by atoms with van der Waals surface area (Å²) < 4.78 is 0. The average molecular weight is 459 g/mol. The molecule has 0 radical (unpaired) electrons. The second kappa shape index (κ2) is 10.7. The first-order chi connectivity index (χ1) is 16.9. The molecule has 4 rings (SSSR count). The van der Waals surface area contributed by atoms with Crippen LogP contribution < -0.4 is 11.5 Å². The molecule has 0 saturated carbocycles. The Labute approximate surface area is 209 Å². The summed E-state index contributed by atoms with van der Waals surface area (Å²) >= 11 is 0. The molecular formula is C33H34N2. The van der Waals surface area contributed by atoms with Crippen molar-refractivity contribution in [3.05, 3.63) is 144 Å². The predicted molar refractivity (Wildman–Crippen MR) is 151 cm³/mol. The Kier molecular flexibility index (Phi) is 7.45. The fourth-order valence-corrected chi connectivity index (χ4v) is 4.62. The molecule has 4 N–H and O–H groups in total. The molecular weight excluding hydrogens is 424 g/mol. The molecule has 0 saturated heterocycles. The van der Waals surface area contributed by atoms with Crippen molar-refractivity contribution in [2.75, 3.05) is 0 Å². The van der Waals surface area contributed by atoms with Gasteiger partial charge < -0.3 is 11.5 Å². The van der Waals surface area contributed by atoms with Crippen LogP contribution in [0.1, 0.15) is 43.4 Å². The van der Waals surface area contributed by atoms with Crippen LogP contribution in [0.4, 0.5) is 0 Å². The molecule has 0 bridgehead atoms. The largest absolute Gasteiger partial charge is 0.306 e. The summed E-state index contributed by atoms with van der Waals surface area (Å²) in [4.78, 5) is 0. The fourth-order valence-electron chi connectivity index (χ4n) is 4.62. The fraction of sp³-hybridized carbons (Fsp3) is 0.152. The minimum Gasteiger partial charge on any atom is -0.306 e. The maximum Gasteiger partial charge on any atom is 0.117 e. The predicted octanol–water partition coefficient (Wildman–Crippen LogP) is 7.76. The van der Waals surface area contributed by atoms with Crippen molar-refractivity contribution in [1.82, 2.24) is 0 Å². The van der Waals surface area contributed by atoms with Gasteiger partial charge in [0.25, 0.3) is 0 Å². The molecule has 2 heteroatoms. The van der Waals surface area contributed by atoms with Gasteiger partial charge in [0.15, 0.2) is 0 Å². The highest BCUT2D eigenvalue weighted by Crippen LogP contribution is 2.38. The summed E-state index contributed by atoms with van der Waals surface area (Å²) in [6, 6.07) is 27.2. The molecule has 0 aromatic heterocycles. The van der Waals surface area contributed by atoms with Crippen LogP contribution in [0.25, 0.3) is 22.3 Å². The van der Waals surface area contributed by atoms with Crippen LogP contribution in [0, 0.1) is 0 Å². The zero-order valence-corrected chi connectivity index (χ0v) is 20.7. The summed E-state index contributed by atoms with van der Waals surface area (Å²) in [6.07, 6.45) is 12.6. The van der Waals surface area contributed by atoms with Crippen LogP contribution in [0.5, 0.6) is 0 Å². The molecule has 2 nitrogen and oxygen atoms in total. The van der Waals surface area contributed by atoms with Gasteiger partial charge in [-0.05, 0) is 83.4 Å². The molecule has 0 atom stereocenters. The lowest BCUT2D eigenvalue weighted by molar-refractivity contribution is 0.565. The van der Waals surface area contributed by atoms with Crippen LogP contribution in [0.3, 0.4) is 0 Å². The molecule has 0 amide bonds. The minimum atomic E-state index is -1.11. The van der Waals surface area contributed by atoms with E-state index < -0.39 is 5.66 Å². The highest BCUT2D eigenvalue weighted by atomic mass is 15.0. The summed E-state index contributed by atoms with van der Waals surface area (Å²) in [5.41, 5.74) is 22.3. The van der Waals surface area contributed by atoms with Gasteiger partial charge in [0.2, 0.25) is 0 Å². The summed E-state index contributed by atoms with van der Waals surface area (Å²) in [7, 11) is 0. The zero-order chi connectivity index (χ0) is 24.8. The number of hydrogen-bond acceptors (Lipinski definition) is 2. The Hall–Kier alpha value is -3.72. The van der Waals surface area contributed by atoms with E-state index in [1.807, 2.05) is 32.0 Å². The number of nitrogens with two attached hydrogens (primary N) is 2. The molecule has 3 aromatic rings. The van der Waals surface area contributed by atoms with Gasteiger partial charge >= 0.3 is 0 Å². The van der Waals surface area contributed by atoms with Gasteiger partial charge in [-0.2, -0.15) is 0 Å². The van der Waals surface area contributed by atoms with Crippen molar-refractivity contribution in [2.45, 2.75) is 32.4 Å². The van der Waals surface area contributed by atoms with E-state index in [0.717, 1.165) is 63.0 Å². The van der Waals surface area contributed by atoms with Crippen LogP contribution >= 0.6 is 0 Å². The van der Waals surface area contributed by atoms with E-state index in [-0.39, 0.29) is 0 Å². The number of hydrogen-bond donors (Lipinski definition) is 2. The smallest absolute Gasteiger partial charge is 0.117 e. The van der Waals surface area contributed by atoms with Gasteiger partial charge in [0.05, 0.1) is 0 Å². The maximum absolute atomic E-state index is 6.90. The lowest BCUT2D eigenvalue weighted by Gasteiger charge is -2.32. The SMILES string of the molecule is C=C(C)/C=C(\C=C/C)c1cccc(-c2cccc(C(N)(N)C3=CCCC=C3c3ccccc3)c2)c1. The van der Waals surface area contributed by atoms with Crippen LogP contribution in [0.2, 0.25) is 0 Å². The van der Waals surface area contributed by atoms with Gasteiger partial charge in [-0.25, -0.2) is 0 Å². The maximum atomic E-state index is 6.90. The zero-order valence-electron chi connectivity index (χ0n) is 20.7. The van der Waals surface area contributed by atoms with Crippen molar-refractivity contribution in [3.8, 4) is 11.1 Å². The Bertz CT molecular complexity index is 1330. The van der Waals surface area contributed by atoms with Gasteiger partial charge in [0, 0.05) is 0 Å². The Balaban J connectivity index is 1.72. The first-order valence-electron chi connectivity index (χ1n) is 12.2. The van der Waals surface area contributed by atoms with E-state index in [0.29, 0.717) is 0 Å².